The van der Waals surface area contributed by atoms with Crippen LogP contribution in [-0.4, -0.2) is 28.5 Å². The van der Waals surface area contributed by atoms with Crippen LogP contribution in [-0.2, 0) is 16.1 Å². The van der Waals surface area contributed by atoms with Crippen molar-refractivity contribution >= 4 is 34.1 Å². The number of carbonyl (C=O) groups is 2. The van der Waals surface area contributed by atoms with Gasteiger partial charge in [-0.3, -0.25) is 19.0 Å². The highest BCUT2D eigenvalue weighted by Gasteiger charge is 2.29. The molecule has 0 aliphatic heterocycles. The second-order valence-electron chi connectivity index (χ2n) is 7.29. The van der Waals surface area contributed by atoms with E-state index in [1.807, 2.05) is 0 Å². The van der Waals surface area contributed by atoms with Gasteiger partial charge in [-0.1, -0.05) is 12.1 Å². The molecule has 0 atom stereocenters. The molecule has 8 heteroatoms. The maximum atomic E-state index is 13.1. The Kier molecular flexibility index (Phi) is 5.22. The van der Waals surface area contributed by atoms with Crippen molar-refractivity contribution in [1.29, 1.82) is 0 Å². The van der Waals surface area contributed by atoms with Gasteiger partial charge in [0.05, 0.1) is 23.7 Å². The molecule has 0 spiro atoms. The van der Waals surface area contributed by atoms with Gasteiger partial charge in [-0.2, -0.15) is 0 Å². The zero-order valence-corrected chi connectivity index (χ0v) is 16.8. The first-order valence-corrected chi connectivity index (χ1v) is 9.71. The molecule has 3 aromatic rings. The number of benzene rings is 2. The van der Waals surface area contributed by atoms with E-state index in [9.17, 15) is 14.4 Å². The zero-order valence-electron chi connectivity index (χ0n) is 16.8. The summed E-state index contributed by atoms with van der Waals surface area (Å²) < 4.78 is 6.56. The molecular weight excluding hydrogens is 384 g/mol. The number of nitrogens with zero attached hydrogens (tertiary/aromatic N) is 2. The van der Waals surface area contributed by atoms with Crippen molar-refractivity contribution in [3.8, 4) is 5.75 Å². The third-order valence-electron chi connectivity index (χ3n) is 5.04. The van der Waals surface area contributed by atoms with Gasteiger partial charge in [0.2, 0.25) is 11.8 Å². The number of methoxy groups -OCH3 is 1. The highest BCUT2D eigenvalue weighted by molar-refractivity contribution is 5.96. The van der Waals surface area contributed by atoms with Crippen LogP contribution in [0.15, 0.2) is 47.3 Å². The lowest BCUT2D eigenvalue weighted by Crippen LogP contribution is -2.30. The second kappa shape index (κ2) is 7.98. The number of aromatic nitrogens is 2. The van der Waals surface area contributed by atoms with Crippen molar-refractivity contribution in [3.63, 3.8) is 0 Å². The van der Waals surface area contributed by atoms with E-state index in [4.69, 9.17) is 4.74 Å². The molecule has 1 aromatic heterocycles. The summed E-state index contributed by atoms with van der Waals surface area (Å²) >= 11 is 0. The standard InChI is InChI=1S/C22H22N4O4/c1-13-23-17-10-9-15(24-21(28)14-7-8-14)11-16(17)22(29)26(13)12-20(27)25-18-5-3-4-6-19(18)30-2/h3-6,9-11,14H,7-8,12H2,1-2H3,(H,24,28)(H,25,27). The van der Waals surface area contributed by atoms with Gasteiger partial charge in [-0.25, -0.2) is 4.98 Å². The monoisotopic (exact) mass is 406 g/mol. The van der Waals surface area contributed by atoms with Crippen LogP contribution in [0.25, 0.3) is 10.9 Å². The minimum Gasteiger partial charge on any atom is -0.495 e. The molecule has 30 heavy (non-hydrogen) atoms. The minimum absolute atomic E-state index is 0.0362. The molecule has 0 radical (unpaired) electrons. The van der Waals surface area contributed by atoms with Gasteiger partial charge < -0.3 is 15.4 Å². The number of rotatable bonds is 6. The number of aryl methyl sites for hydroxylation is 1. The van der Waals surface area contributed by atoms with Gasteiger partial charge >= 0.3 is 0 Å². The van der Waals surface area contributed by atoms with Gasteiger partial charge in [0.1, 0.15) is 18.1 Å². The molecule has 8 nitrogen and oxygen atoms in total. The Bertz CT molecular complexity index is 1200. The first kappa shape index (κ1) is 19.6. The molecule has 1 aliphatic rings. The fraction of sp³-hybridized carbons (Fsp3) is 0.273. The van der Waals surface area contributed by atoms with Crippen LogP contribution in [0.2, 0.25) is 0 Å². The number of hydrogen-bond acceptors (Lipinski definition) is 5. The Labute approximate surface area is 172 Å². The predicted molar refractivity (Wildman–Crippen MR) is 114 cm³/mol. The third-order valence-corrected chi connectivity index (χ3v) is 5.04. The van der Waals surface area contributed by atoms with Crippen molar-refractivity contribution in [2.24, 2.45) is 5.92 Å². The van der Waals surface area contributed by atoms with Crippen molar-refractivity contribution in [2.75, 3.05) is 17.7 Å². The van der Waals surface area contributed by atoms with Crippen LogP contribution in [0.1, 0.15) is 18.7 Å². The Morgan fingerprint density at radius 1 is 1.17 bits per heavy atom. The summed E-state index contributed by atoms with van der Waals surface area (Å²) in [6.45, 7) is 1.49. The molecule has 2 aromatic carbocycles. The van der Waals surface area contributed by atoms with Gasteiger partial charge in [-0.15, -0.1) is 0 Å². The van der Waals surface area contributed by atoms with Gasteiger partial charge in [-0.05, 0) is 50.1 Å². The van der Waals surface area contributed by atoms with E-state index in [0.717, 1.165) is 12.8 Å². The lowest BCUT2D eigenvalue weighted by atomic mass is 10.2. The number of fused-ring (bicyclic) bond motifs is 1. The fourth-order valence-electron chi connectivity index (χ4n) is 3.27. The van der Waals surface area contributed by atoms with E-state index >= 15 is 0 Å². The summed E-state index contributed by atoms with van der Waals surface area (Å²) in [5.74, 6) is 0.613. The predicted octanol–water partition coefficient (Wildman–Crippen LogP) is 2.70. The maximum Gasteiger partial charge on any atom is 0.261 e. The van der Waals surface area contributed by atoms with Crippen LogP contribution in [0, 0.1) is 12.8 Å². The summed E-state index contributed by atoms with van der Waals surface area (Å²) in [7, 11) is 1.52. The van der Waals surface area contributed by atoms with Gasteiger partial charge in [0.15, 0.2) is 0 Å². The molecule has 1 fully saturated rings. The van der Waals surface area contributed by atoms with E-state index in [2.05, 4.69) is 15.6 Å². The Morgan fingerprint density at radius 2 is 1.93 bits per heavy atom. The van der Waals surface area contributed by atoms with E-state index in [-0.39, 0.29) is 29.8 Å². The third kappa shape index (κ3) is 4.03. The first-order chi connectivity index (χ1) is 14.5. The van der Waals surface area contributed by atoms with Gasteiger partial charge in [0.25, 0.3) is 5.56 Å². The van der Waals surface area contributed by atoms with Gasteiger partial charge in [0, 0.05) is 11.6 Å². The van der Waals surface area contributed by atoms with Crippen molar-refractivity contribution in [3.05, 3.63) is 58.6 Å². The van der Waals surface area contributed by atoms with E-state index in [1.165, 1.54) is 11.7 Å². The summed E-state index contributed by atoms with van der Waals surface area (Å²) in [6.07, 6.45) is 1.79. The van der Waals surface area contributed by atoms with E-state index in [0.29, 0.717) is 33.9 Å². The summed E-state index contributed by atoms with van der Waals surface area (Å²) in [5.41, 5.74) is 1.25. The number of hydrogen-bond donors (Lipinski definition) is 2. The van der Waals surface area contributed by atoms with Crippen molar-refractivity contribution < 1.29 is 14.3 Å². The number of para-hydroxylation sites is 2. The summed E-state index contributed by atoms with van der Waals surface area (Å²) in [5, 5.41) is 5.94. The first-order valence-electron chi connectivity index (χ1n) is 9.71. The van der Waals surface area contributed by atoms with Crippen LogP contribution in [0.5, 0.6) is 5.75 Å². The molecule has 0 saturated heterocycles. The molecule has 2 amide bonds. The molecule has 1 aliphatic carbocycles. The molecule has 1 heterocycles. The van der Waals surface area contributed by atoms with E-state index < -0.39 is 0 Å². The Morgan fingerprint density at radius 3 is 2.67 bits per heavy atom. The highest BCUT2D eigenvalue weighted by atomic mass is 16.5. The molecule has 1 saturated carbocycles. The molecule has 0 unspecified atom stereocenters. The normalized spacial score (nSPS) is 13.1. The number of ether oxygens (including phenoxy) is 1. The van der Waals surface area contributed by atoms with Crippen molar-refractivity contribution in [2.45, 2.75) is 26.3 Å². The van der Waals surface area contributed by atoms with Crippen LogP contribution in [0.4, 0.5) is 11.4 Å². The maximum absolute atomic E-state index is 13.1. The Balaban J connectivity index is 1.60. The summed E-state index contributed by atoms with van der Waals surface area (Å²) in [4.78, 5) is 42.1. The number of amides is 2. The molecule has 154 valence electrons. The second-order valence-corrected chi connectivity index (χ2v) is 7.29. The van der Waals surface area contributed by atoms with Crippen LogP contribution in [0.3, 0.4) is 0 Å². The topological polar surface area (TPSA) is 102 Å². The average Bonchev–Trinajstić information content (AvgIpc) is 3.57. The smallest absolute Gasteiger partial charge is 0.261 e. The number of carbonyl (C=O) groups excluding carboxylic acids is 2. The van der Waals surface area contributed by atoms with Crippen molar-refractivity contribution in [1.82, 2.24) is 9.55 Å². The molecule has 4 rings (SSSR count). The summed E-state index contributed by atoms with van der Waals surface area (Å²) in [6, 6.07) is 12.1. The van der Waals surface area contributed by atoms with E-state index in [1.54, 1.807) is 49.4 Å². The lowest BCUT2D eigenvalue weighted by molar-refractivity contribution is -0.117. The number of nitrogens with one attached hydrogen (secondary N) is 2. The van der Waals surface area contributed by atoms with Crippen LogP contribution < -0.4 is 20.9 Å². The van der Waals surface area contributed by atoms with Crippen LogP contribution >= 0.6 is 0 Å². The highest BCUT2D eigenvalue weighted by Crippen LogP contribution is 2.30. The minimum atomic E-state index is -0.371. The lowest BCUT2D eigenvalue weighted by Gasteiger charge is -2.13. The quantitative estimate of drug-likeness (QED) is 0.655. The SMILES string of the molecule is COc1ccccc1NC(=O)Cn1c(C)nc2ccc(NC(=O)C3CC3)cc2c1=O. The molecule has 0 bridgehead atoms. The fourth-order valence-corrected chi connectivity index (χ4v) is 3.27. The Hall–Kier alpha value is -3.68. The average molecular weight is 406 g/mol. The molecule has 2 N–H and O–H groups in total. The largest absolute Gasteiger partial charge is 0.495 e. The zero-order chi connectivity index (χ0) is 21.3. The molecular formula is C22H22N4O4. The number of anilines is 2.